The third kappa shape index (κ3) is 5.36. The second kappa shape index (κ2) is 9.09. The fourth-order valence-corrected chi connectivity index (χ4v) is 3.60. The van der Waals surface area contributed by atoms with E-state index in [2.05, 4.69) is 34.3 Å². The predicted molar refractivity (Wildman–Crippen MR) is 108 cm³/mol. The van der Waals surface area contributed by atoms with Crippen LogP contribution >= 0.6 is 0 Å². The Morgan fingerprint density at radius 1 is 1.30 bits per heavy atom. The van der Waals surface area contributed by atoms with Gasteiger partial charge in [0.25, 0.3) is 0 Å². The molecule has 27 heavy (non-hydrogen) atoms. The summed E-state index contributed by atoms with van der Waals surface area (Å²) >= 11 is 0. The van der Waals surface area contributed by atoms with E-state index in [1.165, 1.54) is 12.0 Å². The third-order valence-electron chi connectivity index (χ3n) is 5.07. The van der Waals surface area contributed by atoms with E-state index in [1.807, 2.05) is 43.3 Å². The van der Waals surface area contributed by atoms with Gasteiger partial charge in [0.15, 0.2) is 5.82 Å². The number of aromatic nitrogens is 2. The van der Waals surface area contributed by atoms with E-state index in [4.69, 9.17) is 0 Å². The lowest BCUT2D eigenvalue weighted by atomic mass is 9.97. The van der Waals surface area contributed by atoms with Gasteiger partial charge in [-0.1, -0.05) is 37.6 Å². The number of hydrogen-bond donors (Lipinski definition) is 1. The highest BCUT2D eigenvalue weighted by Gasteiger charge is 2.24. The Morgan fingerprint density at radius 2 is 2.07 bits per heavy atom. The summed E-state index contributed by atoms with van der Waals surface area (Å²) in [6, 6.07) is 8.23. The second-order valence-electron chi connectivity index (χ2n) is 7.86. The van der Waals surface area contributed by atoms with Gasteiger partial charge in [0.1, 0.15) is 0 Å². The number of amides is 1. The van der Waals surface area contributed by atoms with Gasteiger partial charge in [-0.3, -0.25) is 4.79 Å². The molecular formula is C22H30N4O. The van der Waals surface area contributed by atoms with Crippen molar-refractivity contribution in [2.24, 2.45) is 11.8 Å². The van der Waals surface area contributed by atoms with Crippen molar-refractivity contribution in [3.63, 3.8) is 0 Å². The summed E-state index contributed by atoms with van der Waals surface area (Å²) in [5, 5.41) is 3.51. The second-order valence-corrected chi connectivity index (χ2v) is 7.86. The van der Waals surface area contributed by atoms with E-state index in [9.17, 15) is 4.79 Å². The first-order valence-electron chi connectivity index (χ1n) is 9.90. The lowest BCUT2D eigenvalue weighted by molar-refractivity contribution is -0.136. The van der Waals surface area contributed by atoms with Crippen LogP contribution in [0, 0.1) is 18.8 Å². The van der Waals surface area contributed by atoms with Crippen molar-refractivity contribution >= 4 is 5.91 Å². The zero-order valence-electron chi connectivity index (χ0n) is 16.6. The van der Waals surface area contributed by atoms with Gasteiger partial charge in [-0.2, -0.15) is 0 Å². The van der Waals surface area contributed by atoms with Crippen LogP contribution in [-0.2, 0) is 11.3 Å². The number of aryl methyl sites for hydroxylation is 1. The number of carbonyl (C=O) groups is 1. The van der Waals surface area contributed by atoms with Crippen molar-refractivity contribution in [3.8, 4) is 11.4 Å². The smallest absolute Gasteiger partial charge is 0.225 e. The van der Waals surface area contributed by atoms with E-state index in [0.29, 0.717) is 5.92 Å². The standard InChI is InChI=1S/C22H30N4O/c1-16(2)22(27)26-9-5-7-18(15-26)11-23-12-19-13-24-21(25-14-19)20-8-4-6-17(3)10-20/h4,6,8,10,13-14,16,18,23H,5,7,9,11-12,15H2,1-3H3. The largest absolute Gasteiger partial charge is 0.342 e. The summed E-state index contributed by atoms with van der Waals surface area (Å²) in [7, 11) is 0. The van der Waals surface area contributed by atoms with E-state index in [0.717, 1.165) is 49.6 Å². The molecule has 1 aromatic heterocycles. The van der Waals surface area contributed by atoms with Gasteiger partial charge >= 0.3 is 0 Å². The van der Waals surface area contributed by atoms with Gasteiger partial charge in [-0.05, 0) is 38.3 Å². The van der Waals surface area contributed by atoms with Crippen LogP contribution in [0.2, 0.25) is 0 Å². The third-order valence-corrected chi connectivity index (χ3v) is 5.07. The Bertz CT molecular complexity index is 757. The molecule has 1 aliphatic rings. The van der Waals surface area contributed by atoms with E-state index < -0.39 is 0 Å². The van der Waals surface area contributed by atoms with Gasteiger partial charge in [0.2, 0.25) is 5.91 Å². The van der Waals surface area contributed by atoms with Gasteiger partial charge in [-0.25, -0.2) is 9.97 Å². The number of likely N-dealkylation sites (tertiary alicyclic amines) is 1. The molecule has 5 nitrogen and oxygen atoms in total. The van der Waals surface area contributed by atoms with Crippen LogP contribution in [0.3, 0.4) is 0 Å². The molecule has 1 saturated heterocycles. The van der Waals surface area contributed by atoms with Crippen LogP contribution in [0.4, 0.5) is 0 Å². The maximum atomic E-state index is 12.2. The van der Waals surface area contributed by atoms with Crippen molar-refractivity contribution in [2.75, 3.05) is 19.6 Å². The number of benzene rings is 1. The fourth-order valence-electron chi connectivity index (χ4n) is 3.60. The van der Waals surface area contributed by atoms with Gasteiger partial charge < -0.3 is 10.2 Å². The van der Waals surface area contributed by atoms with Crippen LogP contribution in [0.25, 0.3) is 11.4 Å². The normalized spacial score (nSPS) is 17.3. The number of piperidine rings is 1. The Labute approximate surface area is 162 Å². The molecule has 1 aromatic carbocycles. The number of nitrogens with zero attached hydrogens (tertiary/aromatic N) is 3. The Hall–Kier alpha value is -2.27. The van der Waals surface area contributed by atoms with Crippen LogP contribution in [0.1, 0.15) is 37.8 Å². The molecule has 2 aromatic rings. The first kappa shape index (κ1) is 19.5. The highest BCUT2D eigenvalue weighted by atomic mass is 16.2. The monoisotopic (exact) mass is 366 g/mol. The van der Waals surface area contributed by atoms with Gasteiger partial charge in [-0.15, -0.1) is 0 Å². The van der Waals surface area contributed by atoms with Crippen LogP contribution in [0.5, 0.6) is 0 Å². The summed E-state index contributed by atoms with van der Waals surface area (Å²) in [6.45, 7) is 9.47. The van der Waals surface area contributed by atoms with E-state index in [-0.39, 0.29) is 11.8 Å². The molecule has 1 amide bonds. The molecule has 144 valence electrons. The minimum atomic E-state index is 0.0841. The molecule has 1 atom stereocenters. The predicted octanol–water partition coefficient (Wildman–Crippen LogP) is 3.44. The summed E-state index contributed by atoms with van der Waals surface area (Å²) in [4.78, 5) is 23.2. The fraction of sp³-hybridized carbons (Fsp3) is 0.500. The Morgan fingerprint density at radius 3 is 2.78 bits per heavy atom. The Balaban J connectivity index is 1.48. The zero-order valence-corrected chi connectivity index (χ0v) is 16.6. The molecule has 5 heteroatoms. The molecule has 1 aliphatic heterocycles. The first-order valence-corrected chi connectivity index (χ1v) is 9.90. The van der Waals surface area contributed by atoms with Gasteiger partial charge in [0, 0.05) is 49.1 Å². The summed E-state index contributed by atoms with van der Waals surface area (Å²) in [6.07, 6.45) is 6.07. The van der Waals surface area contributed by atoms with Crippen LogP contribution in [-0.4, -0.2) is 40.4 Å². The molecular weight excluding hydrogens is 336 g/mol. The number of hydrogen-bond acceptors (Lipinski definition) is 4. The summed E-state index contributed by atoms with van der Waals surface area (Å²) < 4.78 is 0. The molecule has 1 N–H and O–H groups in total. The molecule has 0 saturated carbocycles. The molecule has 2 heterocycles. The highest BCUT2D eigenvalue weighted by Crippen LogP contribution is 2.18. The molecule has 0 bridgehead atoms. The zero-order chi connectivity index (χ0) is 19.2. The number of rotatable bonds is 6. The maximum absolute atomic E-state index is 12.2. The molecule has 1 unspecified atom stereocenters. The molecule has 1 fully saturated rings. The number of carbonyl (C=O) groups excluding carboxylic acids is 1. The van der Waals surface area contributed by atoms with Crippen LogP contribution in [0.15, 0.2) is 36.7 Å². The quantitative estimate of drug-likeness (QED) is 0.851. The van der Waals surface area contributed by atoms with E-state index in [1.54, 1.807) is 0 Å². The minimum Gasteiger partial charge on any atom is -0.342 e. The average Bonchev–Trinajstić information content (AvgIpc) is 2.68. The maximum Gasteiger partial charge on any atom is 0.225 e. The lowest BCUT2D eigenvalue weighted by Gasteiger charge is -2.34. The summed E-state index contributed by atoms with van der Waals surface area (Å²) in [5.41, 5.74) is 3.34. The minimum absolute atomic E-state index is 0.0841. The molecule has 0 aliphatic carbocycles. The van der Waals surface area contributed by atoms with Crippen LogP contribution < -0.4 is 5.32 Å². The van der Waals surface area contributed by atoms with Crippen molar-refractivity contribution in [1.82, 2.24) is 20.2 Å². The summed E-state index contributed by atoms with van der Waals surface area (Å²) in [5.74, 6) is 1.65. The Kier molecular flexibility index (Phi) is 6.56. The lowest BCUT2D eigenvalue weighted by Crippen LogP contribution is -2.44. The molecule has 3 rings (SSSR count). The topological polar surface area (TPSA) is 58.1 Å². The van der Waals surface area contributed by atoms with Crippen molar-refractivity contribution in [1.29, 1.82) is 0 Å². The molecule has 0 radical (unpaired) electrons. The van der Waals surface area contributed by atoms with Crippen molar-refractivity contribution < 1.29 is 4.79 Å². The van der Waals surface area contributed by atoms with Gasteiger partial charge in [0.05, 0.1) is 0 Å². The van der Waals surface area contributed by atoms with Crippen molar-refractivity contribution in [2.45, 2.75) is 40.2 Å². The van der Waals surface area contributed by atoms with Crippen molar-refractivity contribution in [3.05, 3.63) is 47.8 Å². The highest BCUT2D eigenvalue weighted by molar-refractivity contribution is 5.78. The first-order chi connectivity index (χ1) is 13.0. The van der Waals surface area contributed by atoms with E-state index >= 15 is 0 Å². The SMILES string of the molecule is Cc1cccc(-c2ncc(CNCC3CCCN(C(=O)C(C)C)C3)cn2)c1. The average molecular weight is 367 g/mol. The molecule has 0 spiro atoms. The number of nitrogens with one attached hydrogen (secondary N) is 1.